The lowest BCUT2D eigenvalue weighted by atomic mass is 9.98. The predicted molar refractivity (Wildman–Crippen MR) is 70.5 cm³/mol. The second-order valence-electron chi connectivity index (χ2n) is 3.43. The van der Waals surface area contributed by atoms with E-state index in [0.717, 1.165) is 0 Å². The second-order valence-corrected chi connectivity index (χ2v) is 5.08. The number of Topliss-reactive ketones (excluding diaryl/α,β-unsaturated/α-hetero) is 1. The topological polar surface area (TPSA) is 122 Å². The number of nitrogens with one attached hydrogen (secondary N) is 1. The van der Waals surface area contributed by atoms with Crippen LogP contribution in [0.1, 0.15) is 5.56 Å². The number of anilines is 1. The van der Waals surface area contributed by atoms with Crippen LogP contribution in [-0.4, -0.2) is 27.5 Å². The molecule has 2 rings (SSSR count). The van der Waals surface area contributed by atoms with Crippen molar-refractivity contribution in [2.24, 2.45) is 5.16 Å². The summed E-state index contributed by atoms with van der Waals surface area (Å²) in [4.78, 5) is 33.2. The largest absolute Gasteiger partial charge is 0.410 e. The molecule has 0 saturated heterocycles. The van der Waals surface area contributed by atoms with Crippen LogP contribution in [0.4, 0.5) is 11.4 Å². The molecule has 8 nitrogen and oxygen atoms in total. The Balaban J connectivity index is 2.90. The number of fused-ring (bicyclic) bond motifs is 1. The molecule has 98 valence electrons. The van der Waals surface area contributed by atoms with Crippen LogP contribution in [0.15, 0.2) is 20.2 Å². The molecule has 1 aromatic rings. The first kappa shape index (κ1) is 13.6. The first-order chi connectivity index (χ1) is 8.88. The number of carbonyl (C=O) groups excluding carboxylic acids is 2. The Kier molecular flexibility index (Phi) is 3.37. The molecule has 0 aliphatic carbocycles. The van der Waals surface area contributed by atoms with Gasteiger partial charge in [-0.3, -0.25) is 19.7 Å². The second kappa shape index (κ2) is 4.70. The maximum Gasteiger partial charge on any atom is 0.298 e. The molecule has 19 heavy (non-hydrogen) atoms. The third-order valence-electron chi connectivity index (χ3n) is 2.38. The molecule has 1 aliphatic rings. The van der Waals surface area contributed by atoms with E-state index in [1.807, 2.05) is 0 Å². The first-order valence-electron chi connectivity index (χ1n) is 4.63. The van der Waals surface area contributed by atoms with Gasteiger partial charge in [0.1, 0.15) is 10.0 Å². The van der Waals surface area contributed by atoms with E-state index < -0.39 is 28.0 Å². The van der Waals surface area contributed by atoms with Gasteiger partial charge in [0, 0.05) is 4.47 Å². The summed E-state index contributed by atoms with van der Waals surface area (Å²) in [5.74, 6) is -2.17. The molecule has 0 atom stereocenters. The maximum atomic E-state index is 11.5. The molecule has 0 saturated carbocycles. The Morgan fingerprint density at radius 2 is 2.00 bits per heavy atom. The van der Waals surface area contributed by atoms with Crippen LogP contribution in [0.5, 0.6) is 0 Å². The quantitative estimate of drug-likeness (QED) is 0.326. The number of hydrogen-bond acceptors (Lipinski definition) is 6. The molecule has 1 amide bonds. The summed E-state index contributed by atoms with van der Waals surface area (Å²) in [5, 5.41) is 24.8. The fourth-order valence-corrected chi connectivity index (χ4v) is 2.49. The third kappa shape index (κ3) is 2.02. The minimum absolute atomic E-state index is 0.0131. The summed E-state index contributed by atoms with van der Waals surface area (Å²) in [7, 11) is 0. The molecular weight excluding hydrogens is 390 g/mol. The van der Waals surface area contributed by atoms with Crippen molar-refractivity contribution in [3.05, 3.63) is 30.7 Å². The van der Waals surface area contributed by atoms with E-state index in [0.29, 0.717) is 4.47 Å². The van der Waals surface area contributed by atoms with E-state index in [9.17, 15) is 19.7 Å². The molecule has 1 aromatic carbocycles. The van der Waals surface area contributed by atoms with Crippen LogP contribution in [0.25, 0.3) is 0 Å². The van der Waals surface area contributed by atoms with Crippen LogP contribution in [-0.2, 0) is 9.59 Å². The molecule has 1 heterocycles. The van der Waals surface area contributed by atoms with Gasteiger partial charge < -0.3 is 10.5 Å². The van der Waals surface area contributed by atoms with Gasteiger partial charge in [-0.15, -0.1) is 0 Å². The maximum absolute atomic E-state index is 11.5. The number of ketones is 1. The van der Waals surface area contributed by atoms with Gasteiger partial charge in [0.05, 0.1) is 10.6 Å². The van der Waals surface area contributed by atoms with E-state index in [2.05, 4.69) is 42.3 Å². The molecule has 0 fully saturated rings. The number of nitrogens with zero attached hydrogens (tertiary/aromatic N) is 2. The Morgan fingerprint density at radius 3 is 2.53 bits per heavy atom. The average Bonchev–Trinajstić information content (AvgIpc) is 2.33. The van der Waals surface area contributed by atoms with Crippen molar-refractivity contribution in [2.45, 2.75) is 0 Å². The van der Waals surface area contributed by atoms with Crippen LogP contribution in [0.3, 0.4) is 0 Å². The number of oxime groups is 1. The van der Waals surface area contributed by atoms with Crippen molar-refractivity contribution in [1.82, 2.24) is 0 Å². The van der Waals surface area contributed by atoms with Crippen molar-refractivity contribution in [3.63, 3.8) is 0 Å². The van der Waals surface area contributed by atoms with Crippen molar-refractivity contribution in [2.75, 3.05) is 5.32 Å². The number of nitro groups is 1. The number of rotatable bonds is 1. The zero-order valence-corrected chi connectivity index (χ0v) is 12.0. The van der Waals surface area contributed by atoms with Crippen molar-refractivity contribution in [1.29, 1.82) is 0 Å². The van der Waals surface area contributed by atoms with Crippen molar-refractivity contribution < 1.29 is 19.7 Å². The molecular formula is C9H3Br2N3O5. The van der Waals surface area contributed by atoms with Gasteiger partial charge in [-0.05, 0) is 37.9 Å². The zero-order valence-electron chi connectivity index (χ0n) is 8.81. The molecule has 1 aliphatic heterocycles. The summed E-state index contributed by atoms with van der Waals surface area (Å²) in [6, 6.07) is 1.36. The molecule has 0 spiro atoms. The summed E-state index contributed by atoms with van der Waals surface area (Å²) in [5.41, 5.74) is -1.38. The van der Waals surface area contributed by atoms with Crippen LogP contribution < -0.4 is 5.32 Å². The normalized spacial score (nSPS) is 16.2. The monoisotopic (exact) mass is 391 g/mol. The van der Waals surface area contributed by atoms with E-state index >= 15 is 0 Å². The van der Waals surface area contributed by atoms with Crippen LogP contribution in [0, 0.1) is 10.1 Å². The van der Waals surface area contributed by atoms with Crippen molar-refractivity contribution >= 4 is 60.6 Å². The molecule has 0 radical (unpaired) electrons. The highest BCUT2D eigenvalue weighted by Crippen LogP contribution is 2.41. The van der Waals surface area contributed by atoms with E-state index in [-0.39, 0.29) is 15.7 Å². The van der Waals surface area contributed by atoms with Gasteiger partial charge in [0.2, 0.25) is 0 Å². The van der Waals surface area contributed by atoms with E-state index in [4.69, 9.17) is 5.21 Å². The fraction of sp³-hybridized carbons (Fsp3) is 0. The minimum Gasteiger partial charge on any atom is -0.410 e. The minimum atomic E-state index is -1.15. The van der Waals surface area contributed by atoms with Crippen LogP contribution >= 0.6 is 31.9 Å². The average molecular weight is 393 g/mol. The predicted octanol–water partition coefficient (Wildman–Crippen LogP) is 1.82. The van der Waals surface area contributed by atoms with Gasteiger partial charge in [0.25, 0.3) is 17.4 Å². The number of benzene rings is 1. The third-order valence-corrected chi connectivity index (χ3v) is 4.34. The highest BCUT2D eigenvalue weighted by Gasteiger charge is 2.38. The molecule has 0 bridgehead atoms. The lowest BCUT2D eigenvalue weighted by Gasteiger charge is -2.17. The summed E-state index contributed by atoms with van der Waals surface area (Å²) in [6.45, 7) is 0. The standard InChI is InChI=1S/C9H3Br2N3O5/c10-2-1-3-4(7(5(2)11)14(18)19)6(13-17)8(15)9(16)12-3/h1,17H,(H,12,16). The molecule has 10 heteroatoms. The fourth-order valence-electron chi connectivity index (χ4n) is 1.62. The molecule has 0 aromatic heterocycles. The number of carbonyl (C=O) groups is 2. The SMILES string of the molecule is O=C1Nc2cc(Br)c(Br)c([N+](=O)[O-])c2C(=NO)C1=O. The number of hydrogen-bond donors (Lipinski definition) is 2. The molecule has 0 unspecified atom stereocenters. The van der Waals surface area contributed by atoms with Gasteiger partial charge in [0.15, 0.2) is 5.71 Å². The van der Waals surface area contributed by atoms with Crippen LogP contribution in [0.2, 0.25) is 0 Å². The van der Waals surface area contributed by atoms with Gasteiger partial charge in [-0.1, -0.05) is 5.16 Å². The van der Waals surface area contributed by atoms with E-state index in [1.165, 1.54) is 6.07 Å². The number of amides is 1. The summed E-state index contributed by atoms with van der Waals surface area (Å²) < 4.78 is 0.381. The zero-order chi connectivity index (χ0) is 14.3. The Hall–Kier alpha value is -1.81. The number of halogens is 2. The summed E-state index contributed by atoms with van der Waals surface area (Å²) in [6.07, 6.45) is 0. The first-order valence-corrected chi connectivity index (χ1v) is 6.21. The Labute approximate surface area is 121 Å². The highest BCUT2D eigenvalue weighted by molar-refractivity contribution is 9.13. The lowest BCUT2D eigenvalue weighted by molar-refractivity contribution is -0.385. The van der Waals surface area contributed by atoms with Gasteiger partial charge >= 0.3 is 0 Å². The molecule has 2 N–H and O–H groups in total. The Morgan fingerprint density at radius 1 is 1.37 bits per heavy atom. The summed E-state index contributed by atoms with van der Waals surface area (Å²) >= 11 is 6.08. The van der Waals surface area contributed by atoms with E-state index in [1.54, 1.807) is 0 Å². The van der Waals surface area contributed by atoms with Gasteiger partial charge in [-0.25, -0.2) is 0 Å². The number of nitro benzene ring substituents is 1. The van der Waals surface area contributed by atoms with Gasteiger partial charge in [-0.2, -0.15) is 0 Å². The van der Waals surface area contributed by atoms with Crippen molar-refractivity contribution in [3.8, 4) is 0 Å². The highest BCUT2D eigenvalue weighted by atomic mass is 79.9. The lowest BCUT2D eigenvalue weighted by Crippen LogP contribution is -2.36. The smallest absolute Gasteiger partial charge is 0.298 e. The Bertz CT molecular complexity index is 670.